The Kier molecular flexibility index (Phi) is 3.68. The van der Waals surface area contributed by atoms with Gasteiger partial charge in [0.1, 0.15) is 10.7 Å². The van der Waals surface area contributed by atoms with Gasteiger partial charge in [-0.25, -0.2) is 8.78 Å². The molecule has 0 saturated carbocycles. The van der Waals surface area contributed by atoms with Crippen LogP contribution in [0.1, 0.15) is 17.7 Å². The van der Waals surface area contributed by atoms with Crippen LogP contribution in [0.25, 0.3) is 0 Å². The van der Waals surface area contributed by atoms with Gasteiger partial charge >= 0.3 is 5.69 Å². The van der Waals surface area contributed by atoms with Crippen molar-refractivity contribution < 1.29 is 13.7 Å². The summed E-state index contributed by atoms with van der Waals surface area (Å²) in [5.41, 5.74) is -1.67. The van der Waals surface area contributed by atoms with E-state index < -0.39 is 27.6 Å². The Morgan fingerprint density at radius 2 is 2.31 bits per heavy atom. The summed E-state index contributed by atoms with van der Waals surface area (Å²) in [6.07, 6.45) is -2.57. The number of rotatable bonds is 3. The van der Waals surface area contributed by atoms with E-state index in [1.807, 2.05) is 0 Å². The van der Waals surface area contributed by atoms with Gasteiger partial charge in [-0.2, -0.15) is 5.26 Å². The molecule has 0 aromatic carbocycles. The minimum absolute atomic E-state index is 0.220. The fourth-order valence-corrected chi connectivity index (χ4v) is 1.38. The molecule has 1 heterocycles. The summed E-state index contributed by atoms with van der Waals surface area (Å²) in [6, 6.07) is 1.64. The van der Waals surface area contributed by atoms with Crippen molar-refractivity contribution in [3.8, 4) is 6.07 Å². The van der Waals surface area contributed by atoms with Crippen molar-refractivity contribution in [3.63, 3.8) is 0 Å². The zero-order valence-corrected chi connectivity index (χ0v) is 8.41. The summed E-state index contributed by atoms with van der Waals surface area (Å²) in [5, 5.41) is 18.3. The molecule has 0 saturated heterocycles. The Bertz CT molecular complexity index is 473. The zero-order chi connectivity index (χ0) is 12.3. The molecule has 0 bridgehead atoms. The lowest BCUT2D eigenvalue weighted by atomic mass is 10.2. The van der Waals surface area contributed by atoms with Crippen LogP contribution in [0.2, 0.25) is 5.02 Å². The van der Waals surface area contributed by atoms with Crippen molar-refractivity contribution in [2.24, 2.45) is 0 Å². The first kappa shape index (κ1) is 12.3. The molecule has 8 heteroatoms. The Morgan fingerprint density at radius 1 is 1.69 bits per heavy atom. The summed E-state index contributed by atoms with van der Waals surface area (Å²) >= 11 is 5.47. The van der Waals surface area contributed by atoms with Gasteiger partial charge in [-0.05, 0) is 0 Å². The van der Waals surface area contributed by atoms with Gasteiger partial charge in [0.25, 0.3) is 6.43 Å². The van der Waals surface area contributed by atoms with Crippen LogP contribution in [0.4, 0.5) is 14.5 Å². The van der Waals surface area contributed by atoms with Crippen LogP contribution >= 0.6 is 11.6 Å². The highest BCUT2D eigenvalue weighted by molar-refractivity contribution is 6.33. The molecule has 5 nitrogen and oxygen atoms in total. The van der Waals surface area contributed by atoms with Crippen molar-refractivity contribution in [1.29, 1.82) is 5.26 Å². The van der Waals surface area contributed by atoms with Gasteiger partial charge in [-0.3, -0.25) is 15.1 Å². The molecule has 0 aliphatic heterocycles. The van der Waals surface area contributed by atoms with Gasteiger partial charge in [-0.1, -0.05) is 11.6 Å². The third-order valence-corrected chi connectivity index (χ3v) is 2.16. The predicted octanol–water partition coefficient (Wildman–Crippen LogP) is 2.65. The number of hydrogen-bond donors (Lipinski definition) is 0. The maximum absolute atomic E-state index is 12.4. The van der Waals surface area contributed by atoms with E-state index in [4.69, 9.17) is 16.9 Å². The molecule has 16 heavy (non-hydrogen) atoms. The van der Waals surface area contributed by atoms with Gasteiger partial charge < -0.3 is 0 Å². The Labute approximate surface area is 93.4 Å². The summed E-state index contributed by atoms with van der Waals surface area (Å²) in [7, 11) is 0. The molecular weight excluding hydrogens is 244 g/mol. The number of hydrogen-bond acceptors (Lipinski definition) is 4. The van der Waals surface area contributed by atoms with E-state index >= 15 is 0 Å². The monoisotopic (exact) mass is 247 g/mol. The molecule has 0 atom stereocenters. The summed E-state index contributed by atoms with van der Waals surface area (Å²) in [4.78, 5) is 13.1. The van der Waals surface area contributed by atoms with E-state index in [0.29, 0.717) is 0 Å². The van der Waals surface area contributed by atoms with E-state index in [2.05, 4.69) is 4.98 Å². The Balaban J connectivity index is 3.43. The molecular formula is C8H4ClF2N3O2. The van der Waals surface area contributed by atoms with E-state index in [-0.39, 0.29) is 12.1 Å². The third kappa shape index (κ3) is 2.23. The lowest BCUT2D eigenvalue weighted by Crippen LogP contribution is -2.02. The maximum Gasteiger partial charge on any atom is 0.310 e. The molecule has 0 spiro atoms. The minimum atomic E-state index is -2.95. The quantitative estimate of drug-likeness (QED) is 0.607. The average Bonchev–Trinajstić information content (AvgIpc) is 2.17. The van der Waals surface area contributed by atoms with Gasteiger partial charge in [0, 0.05) is 6.20 Å². The predicted molar refractivity (Wildman–Crippen MR) is 50.2 cm³/mol. The van der Waals surface area contributed by atoms with E-state index in [1.54, 1.807) is 6.07 Å². The molecule has 0 aliphatic rings. The van der Waals surface area contributed by atoms with Crippen LogP contribution < -0.4 is 0 Å². The Hall–Kier alpha value is -1.81. The number of alkyl halides is 2. The minimum Gasteiger partial charge on any atom is -0.258 e. The number of pyridine rings is 1. The van der Waals surface area contributed by atoms with Crippen molar-refractivity contribution in [3.05, 3.63) is 32.6 Å². The second kappa shape index (κ2) is 4.81. The Morgan fingerprint density at radius 3 is 2.75 bits per heavy atom. The number of halogens is 3. The lowest BCUT2D eigenvalue weighted by Gasteiger charge is -2.05. The maximum atomic E-state index is 12.4. The molecule has 0 radical (unpaired) electrons. The van der Waals surface area contributed by atoms with Crippen LogP contribution in [-0.2, 0) is 6.42 Å². The highest BCUT2D eigenvalue weighted by Crippen LogP contribution is 2.35. The van der Waals surface area contributed by atoms with Crippen molar-refractivity contribution in [2.75, 3.05) is 0 Å². The average molecular weight is 248 g/mol. The summed E-state index contributed by atoms with van der Waals surface area (Å²) < 4.78 is 24.8. The first-order valence-corrected chi connectivity index (χ1v) is 4.33. The second-order valence-electron chi connectivity index (χ2n) is 2.72. The van der Waals surface area contributed by atoms with Crippen LogP contribution in [0.15, 0.2) is 6.20 Å². The van der Waals surface area contributed by atoms with Gasteiger partial charge in [0.2, 0.25) is 0 Å². The van der Waals surface area contributed by atoms with E-state index in [1.165, 1.54) is 0 Å². The molecule has 84 valence electrons. The molecule has 0 fully saturated rings. The fourth-order valence-electron chi connectivity index (χ4n) is 1.07. The number of nitro groups is 1. The summed E-state index contributed by atoms with van der Waals surface area (Å²) in [6.45, 7) is 0. The highest BCUT2D eigenvalue weighted by Gasteiger charge is 2.26. The number of nitrogens with zero attached hydrogens (tertiary/aromatic N) is 3. The van der Waals surface area contributed by atoms with Crippen molar-refractivity contribution >= 4 is 17.3 Å². The van der Waals surface area contributed by atoms with Crippen LogP contribution in [0.5, 0.6) is 0 Å². The largest absolute Gasteiger partial charge is 0.310 e. The van der Waals surface area contributed by atoms with Crippen LogP contribution in [0, 0.1) is 21.4 Å². The molecule has 1 aromatic heterocycles. The lowest BCUT2D eigenvalue weighted by molar-refractivity contribution is -0.385. The van der Waals surface area contributed by atoms with Gasteiger partial charge in [0.05, 0.1) is 23.0 Å². The number of aromatic nitrogens is 1. The van der Waals surface area contributed by atoms with Gasteiger partial charge in [0.15, 0.2) is 0 Å². The molecule has 0 aliphatic carbocycles. The standard InChI is InChI=1S/C8H4ClF2N3O2/c9-6-4(8(10)11)3-13-5(1-2-12)7(6)14(15)16/h3,8H,1H2. The van der Waals surface area contributed by atoms with Crippen LogP contribution in [0.3, 0.4) is 0 Å². The second-order valence-corrected chi connectivity index (χ2v) is 3.09. The number of nitriles is 1. The van der Waals surface area contributed by atoms with E-state index in [0.717, 1.165) is 6.20 Å². The third-order valence-electron chi connectivity index (χ3n) is 1.76. The molecule has 1 aromatic rings. The first-order chi connectivity index (χ1) is 7.49. The first-order valence-electron chi connectivity index (χ1n) is 3.95. The molecule has 0 N–H and O–H groups in total. The molecule has 1 rings (SSSR count). The van der Waals surface area contributed by atoms with Gasteiger partial charge in [-0.15, -0.1) is 0 Å². The highest BCUT2D eigenvalue weighted by atomic mass is 35.5. The van der Waals surface area contributed by atoms with Crippen LogP contribution in [-0.4, -0.2) is 9.91 Å². The molecule has 0 unspecified atom stereocenters. The smallest absolute Gasteiger partial charge is 0.258 e. The SMILES string of the molecule is N#CCc1ncc(C(F)F)c(Cl)c1[N+](=O)[O-]. The summed E-state index contributed by atoms with van der Waals surface area (Å²) in [5.74, 6) is 0. The van der Waals surface area contributed by atoms with Crippen molar-refractivity contribution in [1.82, 2.24) is 4.98 Å². The molecule has 0 amide bonds. The fraction of sp³-hybridized carbons (Fsp3) is 0.250. The van der Waals surface area contributed by atoms with Crippen molar-refractivity contribution in [2.45, 2.75) is 12.8 Å². The van der Waals surface area contributed by atoms with E-state index in [9.17, 15) is 18.9 Å². The zero-order valence-electron chi connectivity index (χ0n) is 7.65. The normalized spacial score (nSPS) is 10.2. The topological polar surface area (TPSA) is 79.8 Å².